The highest BCUT2D eigenvalue weighted by atomic mass is 16.5. The van der Waals surface area contributed by atoms with Gasteiger partial charge >= 0.3 is 0 Å². The topological polar surface area (TPSA) is 53.7 Å². The molecule has 1 aromatic rings. The van der Waals surface area contributed by atoms with Crippen LogP contribution < -0.4 is 10.5 Å². The minimum absolute atomic E-state index is 0.0847. The predicted molar refractivity (Wildman–Crippen MR) is 74.3 cm³/mol. The molecule has 1 saturated heterocycles. The van der Waals surface area contributed by atoms with Crippen LogP contribution in [0.2, 0.25) is 0 Å². The molecule has 19 heavy (non-hydrogen) atoms. The lowest BCUT2D eigenvalue weighted by Gasteiger charge is -2.24. The Morgan fingerprint density at radius 2 is 1.95 bits per heavy atom. The van der Waals surface area contributed by atoms with Crippen molar-refractivity contribution in [2.45, 2.75) is 31.9 Å². The van der Waals surface area contributed by atoms with Crippen LogP contribution in [0.3, 0.4) is 0 Å². The molecule has 1 aliphatic rings. The largest absolute Gasteiger partial charge is 0.494 e. The summed E-state index contributed by atoms with van der Waals surface area (Å²) in [6.45, 7) is 4.80. The Morgan fingerprint density at radius 3 is 2.58 bits per heavy atom. The molecule has 2 N–H and O–H groups in total. The summed E-state index contributed by atoms with van der Waals surface area (Å²) in [6, 6.07) is 7.82. The van der Waals surface area contributed by atoms with Gasteiger partial charge in [0.2, 0.25) is 0 Å². The Labute approximate surface area is 114 Å². The Morgan fingerprint density at radius 1 is 1.26 bits per heavy atom. The van der Waals surface area contributed by atoms with Gasteiger partial charge in [-0.3, -0.25) is 0 Å². The lowest BCUT2D eigenvalue weighted by molar-refractivity contribution is -0.0358. The molecule has 0 spiro atoms. The smallest absolute Gasteiger partial charge is 0.119 e. The first-order valence-corrected chi connectivity index (χ1v) is 6.97. The Bertz CT molecular complexity index is 360. The van der Waals surface area contributed by atoms with Crippen molar-refractivity contribution in [2.24, 2.45) is 5.73 Å². The van der Waals surface area contributed by atoms with Crippen LogP contribution in [0.1, 0.15) is 31.4 Å². The number of ether oxygens (including phenoxy) is 3. The molecule has 1 heterocycles. The summed E-state index contributed by atoms with van der Waals surface area (Å²) < 4.78 is 16.6. The molecule has 1 unspecified atom stereocenters. The number of hydrogen-bond acceptors (Lipinski definition) is 4. The van der Waals surface area contributed by atoms with Gasteiger partial charge in [0.1, 0.15) is 5.75 Å². The SMILES string of the molecule is CCOc1ccc(C(N)COC2CCOCC2)cc1. The lowest BCUT2D eigenvalue weighted by atomic mass is 10.1. The maximum Gasteiger partial charge on any atom is 0.119 e. The van der Waals surface area contributed by atoms with E-state index in [1.54, 1.807) is 0 Å². The van der Waals surface area contributed by atoms with Crippen LogP contribution in [0, 0.1) is 0 Å². The van der Waals surface area contributed by atoms with E-state index in [0.29, 0.717) is 19.3 Å². The fourth-order valence-electron chi connectivity index (χ4n) is 2.16. The van der Waals surface area contributed by atoms with E-state index in [-0.39, 0.29) is 6.04 Å². The summed E-state index contributed by atoms with van der Waals surface area (Å²) in [4.78, 5) is 0. The number of hydrogen-bond donors (Lipinski definition) is 1. The molecule has 1 aliphatic heterocycles. The Balaban J connectivity index is 1.79. The van der Waals surface area contributed by atoms with Crippen LogP contribution in [0.25, 0.3) is 0 Å². The summed E-state index contributed by atoms with van der Waals surface area (Å²) in [5.74, 6) is 0.879. The number of rotatable bonds is 6. The molecule has 4 heteroatoms. The third-order valence-corrected chi connectivity index (χ3v) is 3.30. The number of benzene rings is 1. The second-order valence-electron chi connectivity index (χ2n) is 4.75. The van der Waals surface area contributed by atoms with E-state index in [9.17, 15) is 0 Å². The van der Waals surface area contributed by atoms with E-state index in [1.165, 1.54) is 0 Å². The van der Waals surface area contributed by atoms with Crippen LogP contribution in [-0.4, -0.2) is 32.5 Å². The predicted octanol–water partition coefficient (Wildman–Crippen LogP) is 2.28. The van der Waals surface area contributed by atoms with E-state index < -0.39 is 0 Å². The Hall–Kier alpha value is -1.10. The van der Waals surface area contributed by atoms with Gasteiger partial charge in [-0.05, 0) is 37.5 Å². The van der Waals surface area contributed by atoms with Crippen molar-refractivity contribution in [1.29, 1.82) is 0 Å². The van der Waals surface area contributed by atoms with Crippen molar-refractivity contribution in [2.75, 3.05) is 26.4 Å². The molecule has 0 aromatic heterocycles. The summed E-state index contributed by atoms with van der Waals surface area (Å²) >= 11 is 0. The minimum Gasteiger partial charge on any atom is -0.494 e. The third-order valence-electron chi connectivity index (χ3n) is 3.30. The molecule has 1 aromatic carbocycles. The fraction of sp³-hybridized carbons (Fsp3) is 0.600. The molecule has 1 fully saturated rings. The first-order chi connectivity index (χ1) is 9.29. The van der Waals surface area contributed by atoms with E-state index in [4.69, 9.17) is 19.9 Å². The molecule has 2 rings (SSSR count). The fourth-order valence-corrected chi connectivity index (χ4v) is 2.16. The van der Waals surface area contributed by atoms with Crippen molar-refractivity contribution in [3.05, 3.63) is 29.8 Å². The second-order valence-corrected chi connectivity index (χ2v) is 4.75. The molecule has 1 atom stereocenters. The average Bonchev–Trinajstić information content (AvgIpc) is 2.47. The van der Waals surface area contributed by atoms with Crippen LogP contribution in [-0.2, 0) is 9.47 Å². The van der Waals surface area contributed by atoms with Gasteiger partial charge in [0.05, 0.1) is 25.4 Å². The molecule has 0 bridgehead atoms. The van der Waals surface area contributed by atoms with Crippen molar-refractivity contribution in [3.8, 4) is 5.75 Å². The molecule has 4 nitrogen and oxygen atoms in total. The monoisotopic (exact) mass is 265 g/mol. The zero-order valence-corrected chi connectivity index (χ0v) is 11.5. The molecular formula is C15H23NO3. The zero-order chi connectivity index (χ0) is 13.5. The first kappa shape index (κ1) is 14.3. The highest BCUT2D eigenvalue weighted by molar-refractivity contribution is 5.29. The van der Waals surface area contributed by atoms with E-state index in [2.05, 4.69) is 0 Å². The van der Waals surface area contributed by atoms with E-state index >= 15 is 0 Å². The standard InChI is InChI=1S/C15H23NO3/c1-2-18-13-5-3-12(4-6-13)15(16)11-19-14-7-9-17-10-8-14/h3-6,14-15H,2,7-11,16H2,1H3. The quantitative estimate of drug-likeness (QED) is 0.857. The second kappa shape index (κ2) is 7.48. The van der Waals surface area contributed by atoms with E-state index in [1.807, 2.05) is 31.2 Å². The Kier molecular flexibility index (Phi) is 5.63. The molecule has 0 aliphatic carbocycles. The van der Waals surface area contributed by atoms with Crippen LogP contribution in [0.15, 0.2) is 24.3 Å². The van der Waals surface area contributed by atoms with Crippen LogP contribution >= 0.6 is 0 Å². The maximum absolute atomic E-state index is 6.14. The lowest BCUT2D eigenvalue weighted by Crippen LogP contribution is -2.27. The normalized spacial score (nSPS) is 18.2. The summed E-state index contributed by atoms with van der Waals surface area (Å²) in [7, 11) is 0. The van der Waals surface area contributed by atoms with Crippen molar-refractivity contribution in [3.63, 3.8) is 0 Å². The third kappa shape index (κ3) is 4.49. The van der Waals surface area contributed by atoms with E-state index in [0.717, 1.165) is 37.4 Å². The maximum atomic E-state index is 6.14. The molecular weight excluding hydrogens is 242 g/mol. The summed E-state index contributed by atoms with van der Waals surface area (Å²) in [5.41, 5.74) is 7.22. The average molecular weight is 265 g/mol. The van der Waals surface area contributed by atoms with Gasteiger partial charge in [0.15, 0.2) is 0 Å². The van der Waals surface area contributed by atoms with Crippen molar-refractivity contribution < 1.29 is 14.2 Å². The minimum atomic E-state index is -0.0847. The van der Waals surface area contributed by atoms with Crippen LogP contribution in [0.4, 0.5) is 0 Å². The molecule has 0 saturated carbocycles. The van der Waals surface area contributed by atoms with Gasteiger partial charge in [-0.25, -0.2) is 0 Å². The summed E-state index contributed by atoms with van der Waals surface area (Å²) in [5, 5.41) is 0. The molecule has 0 radical (unpaired) electrons. The van der Waals surface area contributed by atoms with Gasteiger partial charge in [-0.15, -0.1) is 0 Å². The number of nitrogens with two attached hydrogens (primary N) is 1. The highest BCUT2D eigenvalue weighted by Gasteiger charge is 2.16. The van der Waals surface area contributed by atoms with Gasteiger partial charge in [0, 0.05) is 13.2 Å². The van der Waals surface area contributed by atoms with Gasteiger partial charge in [0.25, 0.3) is 0 Å². The molecule has 0 amide bonds. The zero-order valence-electron chi connectivity index (χ0n) is 11.5. The van der Waals surface area contributed by atoms with Gasteiger partial charge in [-0.1, -0.05) is 12.1 Å². The first-order valence-electron chi connectivity index (χ1n) is 6.97. The summed E-state index contributed by atoms with van der Waals surface area (Å²) in [6.07, 6.45) is 2.23. The molecule has 106 valence electrons. The highest BCUT2D eigenvalue weighted by Crippen LogP contribution is 2.18. The van der Waals surface area contributed by atoms with Gasteiger partial charge < -0.3 is 19.9 Å². The van der Waals surface area contributed by atoms with Crippen molar-refractivity contribution in [1.82, 2.24) is 0 Å². The van der Waals surface area contributed by atoms with Gasteiger partial charge in [-0.2, -0.15) is 0 Å². The van der Waals surface area contributed by atoms with Crippen molar-refractivity contribution >= 4 is 0 Å². The van der Waals surface area contributed by atoms with Crippen LogP contribution in [0.5, 0.6) is 5.75 Å².